The average molecular weight is 1560 g/mol. The van der Waals surface area contributed by atoms with E-state index >= 15 is 28.8 Å². The number of carbonyl (C=O) groups is 9. The number of hydrogen-bond donors (Lipinski definition) is 9. The predicted octanol–water partition coefficient (Wildman–Crippen LogP) is 4.34. The van der Waals surface area contributed by atoms with Crippen molar-refractivity contribution in [3.05, 3.63) is 196 Å². The van der Waals surface area contributed by atoms with Crippen molar-refractivity contribution in [2.24, 2.45) is 10.8 Å². The fraction of sp³-hybridized carbons (Fsp3) is 0.427. The number of likely N-dealkylation sites (N-methyl/N-ethyl adjacent to an activating group) is 2. The van der Waals surface area contributed by atoms with E-state index in [0.717, 1.165) is 21.5 Å². The number of aromatic amines is 1. The number of carbonyl (C=O) groups excluding carboxylic acids is 9. The maximum absolute atomic E-state index is 15.8. The first-order chi connectivity index (χ1) is 54.5. The van der Waals surface area contributed by atoms with Crippen LogP contribution in [0.1, 0.15) is 126 Å². The second-order valence-electron chi connectivity index (χ2n) is 31.5. The lowest BCUT2D eigenvalue weighted by atomic mass is 9.85. The van der Waals surface area contributed by atoms with Crippen molar-refractivity contribution in [1.82, 2.24) is 92.5 Å². The van der Waals surface area contributed by atoms with Crippen LogP contribution in [0.25, 0.3) is 21.5 Å². The van der Waals surface area contributed by atoms with Gasteiger partial charge in [-0.3, -0.25) is 38.4 Å². The Bertz CT molecular complexity index is 5050. The van der Waals surface area contributed by atoms with E-state index in [0.29, 0.717) is 45.1 Å². The van der Waals surface area contributed by atoms with Gasteiger partial charge in [-0.15, -0.1) is 10.2 Å². The SMILES string of the molecule is CN[C@@H](C)C(=O)N[C@H](C(=O)N1CC[C@@H]2[C@H]1C(=O)N[C@@H](Cc1ccc3ccccc3c1)C(=O)N[C@H](C(=O)OC)Cc1ccc(cc1)OCc1cn(nn1)[C@@H]1CCN(C(=O)[C@@H](NC(=O)[C@H](C)NC)C(C)(C)C)[C@@H]1C(=O)N[C@@H](Cc1ccc3ccccc3c1)C(=O)N[C@H](c1nc(=O)o[nH]1)Cc1ccc(cc1)OCc1cn2nn1)C(C)(C)C. The van der Waals surface area contributed by atoms with Gasteiger partial charge in [0.1, 0.15) is 78.4 Å². The van der Waals surface area contributed by atoms with Crippen LogP contribution in [-0.2, 0) is 86.8 Å². The van der Waals surface area contributed by atoms with Crippen molar-refractivity contribution in [2.75, 3.05) is 34.3 Å². The molecule has 8 bridgehead atoms. The number of H-pyrrole nitrogens is 1. The van der Waals surface area contributed by atoms with E-state index in [9.17, 15) is 19.2 Å². The van der Waals surface area contributed by atoms with Crippen LogP contribution in [0, 0.1) is 10.8 Å². The zero-order valence-electron chi connectivity index (χ0n) is 65.6. The Balaban J connectivity index is 0.905. The number of nitrogens with zero attached hydrogens (tertiary/aromatic N) is 9. The molecule has 0 aliphatic carbocycles. The van der Waals surface area contributed by atoms with Crippen molar-refractivity contribution in [3.63, 3.8) is 0 Å². The molecule has 6 aliphatic rings. The summed E-state index contributed by atoms with van der Waals surface area (Å²) in [5, 5.41) is 47.7. The van der Waals surface area contributed by atoms with Crippen LogP contribution in [0.15, 0.2) is 155 Å². The summed E-state index contributed by atoms with van der Waals surface area (Å²) in [5.41, 5.74) is 1.42. The summed E-state index contributed by atoms with van der Waals surface area (Å²) in [5.74, 6) is -5.95. The third kappa shape index (κ3) is 19.3. The average Bonchev–Trinajstić information content (AvgIpc) is 1.62. The molecule has 9 heterocycles. The highest BCUT2D eigenvalue weighted by Crippen LogP contribution is 2.36. The summed E-state index contributed by atoms with van der Waals surface area (Å²) in [6.07, 6.45) is 3.34. The number of amides is 8. The molecule has 2 saturated heterocycles. The van der Waals surface area contributed by atoms with E-state index in [1.54, 1.807) is 130 Å². The molecule has 0 radical (unpaired) electrons. The van der Waals surface area contributed by atoms with Crippen LogP contribution in [0.5, 0.6) is 11.5 Å². The van der Waals surface area contributed by atoms with E-state index < -0.39 is 142 Å². The zero-order valence-corrected chi connectivity index (χ0v) is 65.6. The summed E-state index contributed by atoms with van der Waals surface area (Å²) in [6, 6.07) is 27.0. The minimum atomic E-state index is -1.38. The summed E-state index contributed by atoms with van der Waals surface area (Å²) >= 11 is 0. The van der Waals surface area contributed by atoms with Crippen LogP contribution in [-0.4, -0.2) is 192 Å². The quantitative estimate of drug-likeness (QED) is 0.0684. The number of rotatable bonds is 14. The second-order valence-corrected chi connectivity index (χ2v) is 31.5. The molecule has 2 fully saturated rings. The van der Waals surface area contributed by atoms with E-state index in [4.69, 9.17) is 18.7 Å². The van der Waals surface area contributed by atoms with Gasteiger partial charge in [0.2, 0.25) is 47.3 Å². The van der Waals surface area contributed by atoms with Gasteiger partial charge in [0.25, 0.3) is 0 Å². The molecule has 6 aliphatic heterocycles. The molecule has 0 unspecified atom stereocenters. The lowest BCUT2D eigenvalue weighted by molar-refractivity contribution is -0.146. The smallest absolute Gasteiger partial charge is 0.459 e. The molecule has 32 nitrogen and oxygen atoms in total. The van der Waals surface area contributed by atoms with E-state index in [2.05, 4.69) is 73.3 Å². The molecule has 114 heavy (non-hydrogen) atoms. The molecule has 0 spiro atoms. The number of likely N-dealkylation sites (tertiary alicyclic amines) is 2. The number of benzene rings is 6. The first-order valence-corrected chi connectivity index (χ1v) is 38.1. The lowest BCUT2D eigenvalue weighted by Gasteiger charge is -2.37. The van der Waals surface area contributed by atoms with Crippen LogP contribution in [0.3, 0.4) is 0 Å². The number of aromatic nitrogens is 8. The molecule has 8 amide bonds. The first kappa shape index (κ1) is 81.3. The largest absolute Gasteiger partial charge is 0.487 e. The lowest BCUT2D eigenvalue weighted by Crippen LogP contribution is -2.61. The molecule has 15 rings (SSSR count). The van der Waals surface area contributed by atoms with Crippen molar-refractivity contribution in [3.8, 4) is 11.5 Å². The van der Waals surface area contributed by atoms with E-state index in [-0.39, 0.29) is 70.7 Å². The second kappa shape index (κ2) is 35.2. The molecule has 9 N–H and O–H groups in total. The topological polar surface area (TPSA) is 404 Å². The van der Waals surface area contributed by atoms with Crippen molar-refractivity contribution in [2.45, 2.75) is 180 Å². The van der Waals surface area contributed by atoms with Gasteiger partial charge < -0.3 is 71.1 Å². The number of nitrogens with one attached hydrogen (secondary N) is 9. The molecule has 3 aromatic heterocycles. The van der Waals surface area contributed by atoms with Crippen LogP contribution < -0.4 is 57.8 Å². The van der Waals surface area contributed by atoms with Crippen molar-refractivity contribution < 1.29 is 61.9 Å². The van der Waals surface area contributed by atoms with Crippen molar-refractivity contribution >= 4 is 74.8 Å². The van der Waals surface area contributed by atoms with E-state index in [1.807, 2.05) is 84.9 Å². The third-order valence-electron chi connectivity index (χ3n) is 21.3. The Morgan fingerprint density at radius 2 is 0.974 bits per heavy atom. The fourth-order valence-corrected chi connectivity index (χ4v) is 14.6. The summed E-state index contributed by atoms with van der Waals surface area (Å²) in [6.45, 7) is 13.9. The number of methoxy groups -OCH3 is 1. The van der Waals surface area contributed by atoms with Gasteiger partial charge in [-0.05, 0) is 126 Å². The molecule has 600 valence electrons. The third-order valence-corrected chi connectivity index (χ3v) is 21.3. The van der Waals surface area contributed by atoms with Gasteiger partial charge in [0.15, 0.2) is 5.82 Å². The number of ether oxygens (including phenoxy) is 3. The Morgan fingerprint density at radius 3 is 1.39 bits per heavy atom. The molecular weight excluding hydrogens is 1460 g/mol. The first-order valence-electron chi connectivity index (χ1n) is 38.1. The molecule has 9 aromatic rings. The predicted molar refractivity (Wildman–Crippen MR) is 418 cm³/mol. The Morgan fingerprint density at radius 1 is 0.544 bits per heavy atom. The van der Waals surface area contributed by atoms with Gasteiger partial charge in [-0.25, -0.2) is 24.1 Å². The monoisotopic (exact) mass is 1560 g/mol. The molecule has 32 heteroatoms. The Labute approximate surface area is 658 Å². The molecule has 12 atom stereocenters. The fourth-order valence-electron chi connectivity index (χ4n) is 14.6. The minimum absolute atomic E-state index is 0.0125. The summed E-state index contributed by atoms with van der Waals surface area (Å²) < 4.78 is 25.9. The normalized spacial score (nSPS) is 21.3. The van der Waals surface area contributed by atoms with E-state index in [1.165, 1.54) is 26.3 Å². The Hall–Kier alpha value is -12.2. The highest BCUT2D eigenvalue weighted by molar-refractivity contribution is 5.98. The van der Waals surface area contributed by atoms with Gasteiger partial charge in [0.05, 0.1) is 49.7 Å². The number of esters is 1. The van der Waals surface area contributed by atoms with Gasteiger partial charge in [-0.1, -0.05) is 161 Å². The van der Waals surface area contributed by atoms with Crippen LogP contribution in [0.2, 0.25) is 0 Å². The molecule has 0 saturated carbocycles. The number of hydrogen-bond acceptors (Lipinski definition) is 21. The van der Waals surface area contributed by atoms with Gasteiger partial charge >= 0.3 is 11.7 Å². The summed E-state index contributed by atoms with van der Waals surface area (Å²) in [4.78, 5) is 154. The van der Waals surface area contributed by atoms with Crippen LogP contribution >= 0.6 is 0 Å². The van der Waals surface area contributed by atoms with Crippen molar-refractivity contribution in [1.29, 1.82) is 0 Å². The maximum Gasteiger partial charge on any atom is 0.459 e. The molecule has 6 aromatic carbocycles. The zero-order chi connectivity index (χ0) is 81.3. The Kier molecular flexibility index (Phi) is 25.1. The maximum atomic E-state index is 15.8. The summed E-state index contributed by atoms with van der Waals surface area (Å²) in [7, 11) is 4.44. The van der Waals surface area contributed by atoms with Crippen LogP contribution in [0.4, 0.5) is 0 Å². The minimum Gasteiger partial charge on any atom is -0.487 e. The highest BCUT2D eigenvalue weighted by Gasteiger charge is 2.51. The number of fused-ring (bicyclic) bond motifs is 2. The molecular formula is C82H98N18O14. The van der Waals surface area contributed by atoms with Gasteiger partial charge in [0, 0.05) is 32.4 Å². The van der Waals surface area contributed by atoms with Gasteiger partial charge in [-0.2, -0.15) is 4.98 Å². The highest BCUT2D eigenvalue weighted by atomic mass is 16.5. The standard InChI is InChI=1S/C82H98N18O14/c1-46(83-9)71(101)89-68(81(3,4)5)77(107)97-34-32-64-66(97)75(105)86-61(40-50-20-26-52-16-12-14-18-54(52)36-50)73(103)85-60(70-91-80(110)114-94-70)38-48-22-28-58(29-23-48)112-44-56-42-100(96-92-56)65-33-35-98(78(108)69(82(6,7)8)90-72(102)47(2)84-10)67(65)76(106)87-62(41-51-21-27-53-17-13-15-19-55(53)37-51)74(104)88-63(79(109)111-11)39-49-24-30-59(31-25-49)113-45-57-43-99(64)95-93-57/h12-31,36-37,42-43,46-47,60-69,83-84H,32-35,38-41,44-45H2,1-11H3,(H,85,103)(H,86,105)(H,87,106)(H,88,104)(H,89,101)(H,90,102)(H,91,94,110)/t46-,47-,60-,61-,62-,63-,64+,65+,66-,67-,68+,69+/m0/s1.